The summed E-state index contributed by atoms with van der Waals surface area (Å²) in [5.74, 6) is 2.47. The van der Waals surface area contributed by atoms with Gasteiger partial charge in [-0.2, -0.15) is 0 Å². The van der Waals surface area contributed by atoms with Gasteiger partial charge < -0.3 is 0 Å². The van der Waals surface area contributed by atoms with Crippen LogP contribution in [0, 0.1) is 0 Å². The predicted octanol–water partition coefficient (Wildman–Crippen LogP) is 15.3. The second kappa shape index (κ2) is 18.0. The molecular formula is C61H41N5. The number of benzene rings is 9. The molecule has 310 valence electrons. The van der Waals surface area contributed by atoms with Crippen molar-refractivity contribution in [2.45, 2.75) is 0 Å². The fourth-order valence-electron chi connectivity index (χ4n) is 8.32. The lowest BCUT2D eigenvalue weighted by atomic mass is 9.98. The minimum Gasteiger partial charge on any atom is -0.228 e. The fraction of sp³-hybridized carbons (Fsp3) is 0. The Morgan fingerprint density at radius 2 is 0.409 bits per heavy atom. The summed E-state index contributed by atoms with van der Waals surface area (Å²) in [4.78, 5) is 25.8. The Hall–Kier alpha value is -8.93. The first-order valence-electron chi connectivity index (χ1n) is 22.1. The monoisotopic (exact) mass is 843 g/mol. The zero-order chi connectivity index (χ0) is 44.1. The van der Waals surface area contributed by atoms with Crippen molar-refractivity contribution in [2.75, 3.05) is 0 Å². The second-order valence-corrected chi connectivity index (χ2v) is 16.1. The van der Waals surface area contributed by atoms with Gasteiger partial charge in [-0.05, 0) is 74.8 Å². The molecule has 0 amide bonds. The summed E-state index contributed by atoms with van der Waals surface area (Å²) in [5, 5.41) is 0. The topological polar surface area (TPSA) is 64.5 Å². The Kier molecular flexibility index (Phi) is 10.9. The van der Waals surface area contributed by atoms with Gasteiger partial charge in [0.25, 0.3) is 0 Å². The summed E-state index contributed by atoms with van der Waals surface area (Å²) in [6.45, 7) is 0. The van der Waals surface area contributed by atoms with Crippen molar-refractivity contribution in [1.29, 1.82) is 0 Å². The summed E-state index contributed by atoms with van der Waals surface area (Å²) in [5.41, 5.74) is 16.2. The SMILES string of the molecule is c1ccc(-c2ccc(-c3nc(-c4ccccc4)cc(-c4cccc(-c5cccc(-c6nc(-c7cccc(-c8ccccc8)c7)nc(-c7cccc(-c8ccccc8)c7)n6)c5)c4)n3)cc2)cc1. The van der Waals surface area contributed by atoms with Crippen molar-refractivity contribution in [2.24, 2.45) is 0 Å². The molecule has 0 saturated carbocycles. The van der Waals surface area contributed by atoms with Crippen LogP contribution in [-0.4, -0.2) is 24.9 Å². The Balaban J connectivity index is 0.984. The average molecular weight is 844 g/mol. The fourth-order valence-corrected chi connectivity index (χ4v) is 8.32. The molecule has 11 rings (SSSR count). The van der Waals surface area contributed by atoms with Crippen LogP contribution in [0.15, 0.2) is 249 Å². The summed E-state index contributed by atoms with van der Waals surface area (Å²) < 4.78 is 0. The number of rotatable bonds is 10. The van der Waals surface area contributed by atoms with E-state index in [2.05, 4.69) is 212 Å². The standard InChI is InChI=1S/C61H41N5/c1-5-17-42(18-6-1)45-33-35-47(36-34-45)58-62-56(46-23-11-4-12-24-46)41-57(63-58)52-29-13-27-50(37-52)51-28-16-32-55(40-51)61-65-59(53-30-14-25-48(38-53)43-19-7-2-8-20-43)64-60(66-61)54-31-15-26-49(39-54)44-21-9-3-10-22-44/h1-41H. The third-order valence-electron chi connectivity index (χ3n) is 11.7. The van der Waals surface area contributed by atoms with E-state index in [1.165, 1.54) is 5.56 Å². The molecule has 5 heteroatoms. The van der Waals surface area contributed by atoms with Gasteiger partial charge in [-0.25, -0.2) is 24.9 Å². The molecule has 0 bridgehead atoms. The largest absolute Gasteiger partial charge is 0.228 e. The third kappa shape index (κ3) is 8.57. The lowest BCUT2D eigenvalue weighted by Gasteiger charge is -2.12. The highest BCUT2D eigenvalue weighted by Crippen LogP contribution is 2.34. The molecule has 2 heterocycles. The minimum absolute atomic E-state index is 0.592. The minimum atomic E-state index is 0.592. The Morgan fingerprint density at radius 3 is 0.833 bits per heavy atom. The maximum absolute atomic E-state index is 5.19. The average Bonchev–Trinajstić information content (AvgIpc) is 3.42. The maximum atomic E-state index is 5.19. The van der Waals surface area contributed by atoms with Crippen molar-refractivity contribution in [3.05, 3.63) is 249 Å². The Morgan fingerprint density at radius 1 is 0.152 bits per heavy atom. The molecule has 0 radical (unpaired) electrons. The lowest BCUT2D eigenvalue weighted by Crippen LogP contribution is -2.00. The van der Waals surface area contributed by atoms with Gasteiger partial charge in [-0.1, -0.05) is 218 Å². The van der Waals surface area contributed by atoms with Crippen LogP contribution in [0.25, 0.3) is 113 Å². The van der Waals surface area contributed by atoms with Gasteiger partial charge in [-0.15, -0.1) is 0 Å². The van der Waals surface area contributed by atoms with Crippen LogP contribution in [-0.2, 0) is 0 Å². The Bertz CT molecular complexity index is 3350. The molecule has 2 aromatic heterocycles. The van der Waals surface area contributed by atoms with E-state index in [1.54, 1.807) is 0 Å². The van der Waals surface area contributed by atoms with Gasteiger partial charge in [0.2, 0.25) is 0 Å². The van der Waals surface area contributed by atoms with Gasteiger partial charge >= 0.3 is 0 Å². The number of hydrogen-bond donors (Lipinski definition) is 0. The van der Waals surface area contributed by atoms with E-state index in [0.29, 0.717) is 23.3 Å². The van der Waals surface area contributed by atoms with Crippen molar-refractivity contribution in [1.82, 2.24) is 24.9 Å². The molecule has 0 atom stereocenters. The zero-order valence-corrected chi connectivity index (χ0v) is 35.9. The summed E-state index contributed by atoms with van der Waals surface area (Å²) in [6, 6.07) is 85.9. The van der Waals surface area contributed by atoms with Crippen molar-refractivity contribution in [3.8, 4) is 113 Å². The predicted molar refractivity (Wildman–Crippen MR) is 270 cm³/mol. The molecule has 0 fully saturated rings. The molecule has 0 aliphatic carbocycles. The molecule has 66 heavy (non-hydrogen) atoms. The molecular weight excluding hydrogens is 803 g/mol. The summed E-state index contributed by atoms with van der Waals surface area (Å²) in [7, 11) is 0. The molecule has 9 aromatic carbocycles. The van der Waals surface area contributed by atoms with Gasteiger partial charge in [0, 0.05) is 33.4 Å². The van der Waals surface area contributed by atoms with E-state index < -0.39 is 0 Å². The highest BCUT2D eigenvalue weighted by molar-refractivity contribution is 5.80. The third-order valence-corrected chi connectivity index (χ3v) is 11.7. The molecule has 0 N–H and O–H groups in total. The molecule has 11 aromatic rings. The van der Waals surface area contributed by atoms with Crippen molar-refractivity contribution < 1.29 is 0 Å². The first-order chi connectivity index (χ1) is 32.7. The van der Waals surface area contributed by atoms with E-state index in [1.807, 2.05) is 36.4 Å². The maximum Gasteiger partial charge on any atom is 0.164 e. The summed E-state index contributed by atoms with van der Waals surface area (Å²) in [6.07, 6.45) is 0. The van der Waals surface area contributed by atoms with E-state index in [0.717, 1.165) is 83.7 Å². The van der Waals surface area contributed by atoms with Gasteiger partial charge in [-0.3, -0.25) is 0 Å². The highest BCUT2D eigenvalue weighted by Gasteiger charge is 2.16. The van der Waals surface area contributed by atoms with Crippen LogP contribution in [0.3, 0.4) is 0 Å². The van der Waals surface area contributed by atoms with E-state index in [4.69, 9.17) is 24.9 Å². The first-order valence-corrected chi connectivity index (χ1v) is 22.1. The van der Waals surface area contributed by atoms with Crippen LogP contribution in [0.4, 0.5) is 0 Å². The second-order valence-electron chi connectivity index (χ2n) is 16.1. The first kappa shape index (κ1) is 39.9. The van der Waals surface area contributed by atoms with Gasteiger partial charge in [0.05, 0.1) is 11.4 Å². The zero-order valence-electron chi connectivity index (χ0n) is 35.9. The molecule has 5 nitrogen and oxygen atoms in total. The van der Waals surface area contributed by atoms with E-state index in [9.17, 15) is 0 Å². The molecule has 0 unspecified atom stereocenters. The number of nitrogens with zero attached hydrogens (tertiary/aromatic N) is 5. The van der Waals surface area contributed by atoms with Crippen molar-refractivity contribution >= 4 is 0 Å². The van der Waals surface area contributed by atoms with Gasteiger partial charge in [0.15, 0.2) is 23.3 Å². The Labute approximate surface area is 384 Å². The van der Waals surface area contributed by atoms with Crippen LogP contribution in [0.2, 0.25) is 0 Å². The van der Waals surface area contributed by atoms with E-state index >= 15 is 0 Å². The van der Waals surface area contributed by atoms with Crippen LogP contribution < -0.4 is 0 Å². The summed E-state index contributed by atoms with van der Waals surface area (Å²) >= 11 is 0. The smallest absolute Gasteiger partial charge is 0.164 e. The normalized spacial score (nSPS) is 11.0. The van der Waals surface area contributed by atoms with Gasteiger partial charge in [0.1, 0.15) is 0 Å². The number of hydrogen-bond acceptors (Lipinski definition) is 5. The van der Waals surface area contributed by atoms with E-state index in [-0.39, 0.29) is 0 Å². The number of aromatic nitrogens is 5. The molecule has 0 spiro atoms. The molecule has 0 saturated heterocycles. The van der Waals surface area contributed by atoms with Crippen LogP contribution in [0.5, 0.6) is 0 Å². The highest BCUT2D eigenvalue weighted by atomic mass is 15.0. The van der Waals surface area contributed by atoms with Crippen LogP contribution >= 0.6 is 0 Å². The lowest BCUT2D eigenvalue weighted by molar-refractivity contribution is 1.07. The molecule has 0 aliphatic rings. The molecule has 0 aliphatic heterocycles. The van der Waals surface area contributed by atoms with Crippen LogP contribution in [0.1, 0.15) is 0 Å². The van der Waals surface area contributed by atoms with Crippen molar-refractivity contribution in [3.63, 3.8) is 0 Å². The quantitative estimate of drug-likeness (QED) is 0.137.